The van der Waals surface area contributed by atoms with E-state index in [-0.39, 0.29) is 11.3 Å². The number of rotatable bonds is 1. The number of hydrogen-bond acceptors (Lipinski definition) is 3. The van der Waals surface area contributed by atoms with Crippen molar-refractivity contribution in [3.63, 3.8) is 0 Å². The highest BCUT2D eigenvalue weighted by Crippen LogP contribution is 2.29. The van der Waals surface area contributed by atoms with Crippen LogP contribution < -0.4 is 0 Å². The van der Waals surface area contributed by atoms with E-state index in [0.717, 1.165) is 4.88 Å². The van der Waals surface area contributed by atoms with E-state index in [0.29, 0.717) is 0 Å². The van der Waals surface area contributed by atoms with Crippen molar-refractivity contribution in [1.82, 2.24) is 0 Å². The van der Waals surface area contributed by atoms with Crippen LogP contribution in [-0.2, 0) is 10.2 Å². The predicted octanol–water partition coefficient (Wildman–Crippen LogP) is 3.02. The van der Waals surface area contributed by atoms with Gasteiger partial charge >= 0.3 is 0 Å². The Kier molecular flexibility index (Phi) is 2.76. The maximum absolute atomic E-state index is 7.48. The molecule has 0 aliphatic rings. The molecule has 0 radical (unpaired) electrons. The molecule has 0 aliphatic carbocycles. The second kappa shape index (κ2) is 3.50. The largest absolute Gasteiger partial charge is 0.480 e. The van der Waals surface area contributed by atoms with Crippen LogP contribution in [-0.4, -0.2) is 13.0 Å². The smallest absolute Gasteiger partial charge is 0.223 e. The fraction of sp³-hybridized carbons (Fsp3) is 0.500. The van der Waals surface area contributed by atoms with Gasteiger partial charge in [0.1, 0.15) is 0 Å². The first kappa shape index (κ1) is 10.3. The normalized spacial score (nSPS) is 11.4. The Hall–Kier alpha value is -0.830. The fourth-order valence-electron chi connectivity index (χ4n) is 0.964. The Morgan fingerprint density at radius 1 is 1.38 bits per heavy atom. The third kappa shape index (κ3) is 2.31. The summed E-state index contributed by atoms with van der Waals surface area (Å²) in [6.45, 7) is 6.50. The van der Waals surface area contributed by atoms with Crippen molar-refractivity contribution in [2.24, 2.45) is 0 Å². The molecule has 0 fully saturated rings. The summed E-state index contributed by atoms with van der Waals surface area (Å²) in [4.78, 5) is 2.18. The first-order valence-electron chi connectivity index (χ1n) is 4.18. The van der Waals surface area contributed by atoms with Crippen molar-refractivity contribution in [2.45, 2.75) is 26.2 Å². The first-order valence-corrected chi connectivity index (χ1v) is 5.00. The summed E-state index contributed by atoms with van der Waals surface area (Å²) in [6.07, 6.45) is 0. The summed E-state index contributed by atoms with van der Waals surface area (Å²) >= 11 is 1.62. The summed E-state index contributed by atoms with van der Waals surface area (Å²) in [5, 5.41) is 7.48. The van der Waals surface area contributed by atoms with Crippen molar-refractivity contribution >= 4 is 17.2 Å². The fourth-order valence-corrected chi connectivity index (χ4v) is 1.95. The van der Waals surface area contributed by atoms with Gasteiger partial charge in [0, 0.05) is 4.88 Å². The molecule has 0 spiro atoms. The predicted molar refractivity (Wildman–Crippen MR) is 56.9 cm³/mol. The Bertz CT molecular complexity index is 309. The lowest BCUT2D eigenvalue weighted by Crippen LogP contribution is -2.07. The lowest BCUT2D eigenvalue weighted by Gasteiger charge is -2.15. The Balaban J connectivity index is 2.93. The maximum Gasteiger partial charge on any atom is 0.223 e. The van der Waals surface area contributed by atoms with E-state index in [4.69, 9.17) is 10.1 Å². The zero-order valence-electron chi connectivity index (χ0n) is 8.47. The quantitative estimate of drug-likeness (QED) is 0.545. The van der Waals surface area contributed by atoms with E-state index >= 15 is 0 Å². The van der Waals surface area contributed by atoms with E-state index in [2.05, 4.69) is 26.8 Å². The van der Waals surface area contributed by atoms with Gasteiger partial charge in [0.15, 0.2) is 0 Å². The van der Waals surface area contributed by atoms with Crippen LogP contribution in [0.1, 0.15) is 30.5 Å². The minimum Gasteiger partial charge on any atom is -0.480 e. The molecule has 13 heavy (non-hydrogen) atoms. The van der Waals surface area contributed by atoms with E-state index in [1.807, 2.05) is 6.07 Å². The van der Waals surface area contributed by atoms with Crippen molar-refractivity contribution < 1.29 is 4.74 Å². The van der Waals surface area contributed by atoms with Crippen LogP contribution in [0, 0.1) is 5.41 Å². The molecular formula is C10H15NOS. The Morgan fingerprint density at radius 2 is 2.00 bits per heavy atom. The third-order valence-electron chi connectivity index (χ3n) is 1.77. The molecular weight excluding hydrogens is 182 g/mol. The number of hydrogen-bond donors (Lipinski definition) is 1. The maximum atomic E-state index is 7.48. The van der Waals surface area contributed by atoms with Gasteiger partial charge in [0.25, 0.3) is 0 Å². The first-order chi connectivity index (χ1) is 5.95. The Labute approximate surface area is 83.1 Å². The molecule has 72 valence electrons. The van der Waals surface area contributed by atoms with Gasteiger partial charge in [-0.25, -0.2) is 0 Å². The molecule has 0 atom stereocenters. The van der Waals surface area contributed by atoms with Crippen LogP contribution in [0.25, 0.3) is 0 Å². The molecule has 0 aliphatic heterocycles. The molecule has 1 rings (SSSR count). The zero-order valence-corrected chi connectivity index (χ0v) is 9.29. The second-order valence-corrected chi connectivity index (χ2v) is 5.03. The van der Waals surface area contributed by atoms with E-state index < -0.39 is 0 Å². The van der Waals surface area contributed by atoms with Gasteiger partial charge in [0.05, 0.1) is 12.0 Å². The molecule has 0 amide bonds. The van der Waals surface area contributed by atoms with Crippen molar-refractivity contribution in [2.75, 3.05) is 7.11 Å². The zero-order chi connectivity index (χ0) is 10.1. The monoisotopic (exact) mass is 197 g/mol. The molecule has 3 heteroatoms. The number of ether oxygens (including phenoxy) is 1. The molecule has 0 saturated heterocycles. The number of methoxy groups -OCH3 is 1. The third-order valence-corrected chi connectivity index (χ3v) is 3.28. The highest BCUT2D eigenvalue weighted by molar-refractivity contribution is 7.14. The molecule has 1 aromatic heterocycles. The average Bonchev–Trinajstić information content (AvgIpc) is 2.50. The highest BCUT2D eigenvalue weighted by Gasteiger charge is 2.17. The van der Waals surface area contributed by atoms with Crippen molar-refractivity contribution in [1.29, 1.82) is 5.41 Å². The summed E-state index contributed by atoms with van der Waals surface area (Å²) in [7, 11) is 1.53. The van der Waals surface area contributed by atoms with Crippen molar-refractivity contribution in [3.05, 3.63) is 21.9 Å². The van der Waals surface area contributed by atoms with Gasteiger partial charge in [0.2, 0.25) is 5.90 Å². The second-order valence-electron chi connectivity index (χ2n) is 3.95. The van der Waals surface area contributed by atoms with Crippen LogP contribution in [0.3, 0.4) is 0 Å². The minimum atomic E-state index is 0.164. The van der Waals surface area contributed by atoms with Gasteiger partial charge in [-0.3, -0.25) is 5.41 Å². The minimum absolute atomic E-state index is 0.164. The standard InChI is InChI=1S/C10H15NOS/c1-10(2,3)8-6-5-7(13-8)9(11)12-4/h5-6,11H,1-4H3. The lowest BCUT2D eigenvalue weighted by atomic mass is 9.95. The van der Waals surface area contributed by atoms with E-state index in [1.165, 1.54) is 12.0 Å². The molecule has 0 saturated carbocycles. The van der Waals surface area contributed by atoms with Crippen LogP contribution in [0.5, 0.6) is 0 Å². The molecule has 2 nitrogen and oxygen atoms in total. The van der Waals surface area contributed by atoms with Gasteiger partial charge < -0.3 is 4.74 Å². The Morgan fingerprint density at radius 3 is 2.38 bits per heavy atom. The number of thiophene rings is 1. The van der Waals surface area contributed by atoms with Gasteiger partial charge in [-0.2, -0.15) is 0 Å². The molecule has 0 aromatic carbocycles. The van der Waals surface area contributed by atoms with Crippen LogP contribution in [0.15, 0.2) is 12.1 Å². The molecule has 1 heterocycles. The summed E-state index contributed by atoms with van der Waals surface area (Å²) in [6, 6.07) is 4.00. The van der Waals surface area contributed by atoms with Crippen molar-refractivity contribution in [3.8, 4) is 0 Å². The SMILES string of the molecule is COC(=N)c1ccc(C(C)(C)C)s1. The van der Waals surface area contributed by atoms with Crippen LogP contribution >= 0.6 is 11.3 Å². The molecule has 1 aromatic rings. The van der Waals surface area contributed by atoms with E-state index in [1.54, 1.807) is 11.3 Å². The summed E-state index contributed by atoms with van der Waals surface area (Å²) in [5.41, 5.74) is 0.164. The molecule has 1 N–H and O–H groups in total. The summed E-state index contributed by atoms with van der Waals surface area (Å²) in [5.74, 6) is 0.250. The summed E-state index contributed by atoms with van der Waals surface area (Å²) < 4.78 is 4.86. The topological polar surface area (TPSA) is 33.1 Å². The average molecular weight is 197 g/mol. The molecule has 0 bridgehead atoms. The van der Waals surface area contributed by atoms with Gasteiger partial charge in [-0.1, -0.05) is 20.8 Å². The highest BCUT2D eigenvalue weighted by atomic mass is 32.1. The lowest BCUT2D eigenvalue weighted by molar-refractivity contribution is 0.402. The van der Waals surface area contributed by atoms with Gasteiger partial charge in [-0.05, 0) is 17.5 Å². The van der Waals surface area contributed by atoms with E-state index in [9.17, 15) is 0 Å². The molecule has 0 unspecified atom stereocenters. The number of nitrogens with one attached hydrogen (secondary N) is 1. The van der Waals surface area contributed by atoms with Crippen LogP contribution in [0.2, 0.25) is 0 Å². The van der Waals surface area contributed by atoms with Crippen LogP contribution in [0.4, 0.5) is 0 Å². The van der Waals surface area contributed by atoms with Gasteiger partial charge in [-0.15, -0.1) is 11.3 Å².